The molecule has 1 saturated carbocycles. The molecule has 3 heterocycles. The molecule has 1 aliphatic rings. The van der Waals surface area contributed by atoms with E-state index in [0.29, 0.717) is 23.9 Å². The zero-order valence-corrected chi connectivity index (χ0v) is 17.5. The van der Waals surface area contributed by atoms with Crippen molar-refractivity contribution in [2.45, 2.75) is 45.6 Å². The van der Waals surface area contributed by atoms with E-state index in [1.165, 1.54) is 6.21 Å². The van der Waals surface area contributed by atoms with E-state index < -0.39 is 0 Å². The lowest BCUT2D eigenvalue weighted by atomic mass is 10.1. The molecule has 0 spiro atoms. The van der Waals surface area contributed by atoms with Crippen molar-refractivity contribution in [1.82, 2.24) is 29.7 Å². The van der Waals surface area contributed by atoms with Crippen molar-refractivity contribution >= 4 is 17.3 Å². The van der Waals surface area contributed by atoms with Gasteiger partial charge in [0.1, 0.15) is 0 Å². The van der Waals surface area contributed by atoms with E-state index in [1.807, 2.05) is 29.3 Å². The van der Waals surface area contributed by atoms with Crippen LogP contribution in [0.4, 0.5) is 0 Å². The number of hydrogen-bond acceptors (Lipinski definition) is 6. The molecular formula is C22H29N7O. The van der Waals surface area contributed by atoms with E-state index in [1.54, 1.807) is 16.9 Å². The maximum Gasteiger partial charge on any atom is 0.0999 e. The first-order valence-electron chi connectivity index (χ1n) is 10.6. The Bertz CT molecular complexity index is 1060. The van der Waals surface area contributed by atoms with Crippen LogP contribution >= 0.6 is 0 Å². The summed E-state index contributed by atoms with van der Waals surface area (Å²) < 4.78 is 3.80. The Morgan fingerprint density at radius 2 is 2.10 bits per heavy atom. The summed E-state index contributed by atoms with van der Waals surface area (Å²) in [5.41, 5.74) is 3.95. The van der Waals surface area contributed by atoms with E-state index >= 15 is 0 Å². The first-order chi connectivity index (χ1) is 14.6. The highest BCUT2D eigenvalue weighted by Gasteiger charge is 2.41. The molecule has 3 N–H and O–H groups in total. The maximum absolute atomic E-state index is 9.49. The van der Waals surface area contributed by atoms with Gasteiger partial charge in [-0.2, -0.15) is 10.2 Å². The smallest absolute Gasteiger partial charge is 0.0999 e. The minimum atomic E-state index is -0.00214. The van der Waals surface area contributed by atoms with E-state index in [4.69, 9.17) is 10.4 Å². The number of aliphatic hydroxyl groups is 1. The van der Waals surface area contributed by atoms with Crippen LogP contribution < -0.4 is 5.32 Å². The Hall–Kier alpha value is -3.00. The maximum atomic E-state index is 9.49. The number of nitrogens with zero attached hydrogens (tertiary/aromatic N) is 5. The molecule has 0 unspecified atom stereocenters. The van der Waals surface area contributed by atoms with Gasteiger partial charge in [-0.15, -0.1) is 0 Å². The largest absolute Gasteiger partial charge is 0.396 e. The standard InChI is InChI=1S/C22H29N7O/c1-3-18(4-2)28-12-17(11-26-28)21-20-5-8-25-29(20)13-19(27-21)16(9-23)10-24-14-22(15-30)6-7-22/h5,8-13,18,23-24,30H,3-4,6-7,14-15H2,1-2H3/b16-10+,23-9?. The van der Waals surface area contributed by atoms with Crippen LogP contribution in [-0.4, -0.2) is 48.9 Å². The Labute approximate surface area is 176 Å². The van der Waals surface area contributed by atoms with Crippen molar-refractivity contribution < 1.29 is 5.11 Å². The monoisotopic (exact) mass is 407 g/mol. The fraction of sp³-hybridized carbons (Fsp3) is 0.455. The van der Waals surface area contributed by atoms with E-state index in [9.17, 15) is 5.11 Å². The predicted molar refractivity (Wildman–Crippen MR) is 117 cm³/mol. The molecule has 0 saturated heterocycles. The molecule has 0 aromatic carbocycles. The predicted octanol–water partition coefficient (Wildman–Crippen LogP) is 3.31. The molecule has 0 amide bonds. The highest BCUT2D eigenvalue weighted by molar-refractivity contribution is 6.07. The molecule has 0 radical (unpaired) electrons. The lowest BCUT2D eigenvalue weighted by molar-refractivity contribution is 0.211. The lowest BCUT2D eigenvalue weighted by Crippen LogP contribution is -2.22. The molecule has 0 aliphatic heterocycles. The van der Waals surface area contributed by atoms with Crippen LogP contribution in [0.5, 0.6) is 0 Å². The summed E-state index contributed by atoms with van der Waals surface area (Å²) in [7, 11) is 0. The number of aromatic nitrogens is 5. The van der Waals surface area contributed by atoms with E-state index in [2.05, 4.69) is 29.4 Å². The molecule has 0 atom stereocenters. The average Bonchev–Trinajstić information content (AvgIpc) is 3.15. The van der Waals surface area contributed by atoms with Gasteiger partial charge in [-0.05, 0) is 31.7 Å². The lowest BCUT2D eigenvalue weighted by Gasteiger charge is -2.13. The molecular weight excluding hydrogens is 378 g/mol. The van der Waals surface area contributed by atoms with Crippen LogP contribution in [0.1, 0.15) is 51.3 Å². The second kappa shape index (κ2) is 8.39. The van der Waals surface area contributed by atoms with Crippen LogP contribution in [0.2, 0.25) is 0 Å². The van der Waals surface area contributed by atoms with Crippen molar-refractivity contribution in [3.05, 3.63) is 42.7 Å². The normalized spacial score (nSPS) is 15.7. The van der Waals surface area contributed by atoms with Crippen molar-refractivity contribution in [2.24, 2.45) is 5.41 Å². The number of fused-ring (bicyclic) bond motifs is 1. The van der Waals surface area contributed by atoms with E-state index in [0.717, 1.165) is 42.5 Å². The summed E-state index contributed by atoms with van der Waals surface area (Å²) in [6.45, 7) is 5.22. The van der Waals surface area contributed by atoms with Gasteiger partial charge in [0, 0.05) is 41.7 Å². The van der Waals surface area contributed by atoms with Crippen molar-refractivity contribution in [3.63, 3.8) is 0 Å². The van der Waals surface area contributed by atoms with Gasteiger partial charge in [0.05, 0.1) is 48.1 Å². The van der Waals surface area contributed by atoms with Crippen molar-refractivity contribution in [3.8, 4) is 11.3 Å². The molecule has 3 aromatic rings. The highest BCUT2D eigenvalue weighted by Crippen LogP contribution is 2.44. The molecule has 1 fully saturated rings. The average molecular weight is 408 g/mol. The van der Waals surface area contributed by atoms with Gasteiger partial charge < -0.3 is 15.8 Å². The Morgan fingerprint density at radius 3 is 2.77 bits per heavy atom. The minimum Gasteiger partial charge on any atom is -0.396 e. The van der Waals surface area contributed by atoms with Crippen LogP contribution in [0.3, 0.4) is 0 Å². The molecule has 4 rings (SSSR count). The van der Waals surface area contributed by atoms with Gasteiger partial charge in [0.15, 0.2) is 0 Å². The quantitative estimate of drug-likeness (QED) is 0.447. The SMILES string of the molecule is CCC(CC)n1cc(-c2nc(/C(C=N)=C/NCC3(CO)CC3)cn3nccc23)cn1. The number of rotatable bonds is 10. The van der Waals surface area contributed by atoms with Crippen LogP contribution in [0.15, 0.2) is 37.1 Å². The summed E-state index contributed by atoms with van der Waals surface area (Å²) >= 11 is 0. The third-order valence-corrected chi connectivity index (χ3v) is 6.06. The summed E-state index contributed by atoms with van der Waals surface area (Å²) in [5.74, 6) is 0. The molecule has 1 aliphatic carbocycles. The molecule has 0 bridgehead atoms. The van der Waals surface area contributed by atoms with Gasteiger partial charge in [0.2, 0.25) is 0 Å². The topological polar surface area (TPSA) is 104 Å². The number of hydrogen-bond donors (Lipinski definition) is 3. The second-order valence-electron chi connectivity index (χ2n) is 8.10. The third-order valence-electron chi connectivity index (χ3n) is 6.06. The molecule has 30 heavy (non-hydrogen) atoms. The highest BCUT2D eigenvalue weighted by atomic mass is 16.3. The van der Waals surface area contributed by atoms with Gasteiger partial charge in [-0.3, -0.25) is 4.68 Å². The minimum absolute atomic E-state index is 0.00214. The van der Waals surface area contributed by atoms with Gasteiger partial charge in [-0.1, -0.05) is 13.8 Å². The fourth-order valence-corrected chi connectivity index (χ4v) is 3.74. The number of nitrogens with one attached hydrogen (secondary N) is 2. The second-order valence-corrected chi connectivity index (χ2v) is 8.10. The van der Waals surface area contributed by atoms with Gasteiger partial charge in [0.25, 0.3) is 0 Å². The summed E-state index contributed by atoms with van der Waals surface area (Å²) in [6.07, 6.45) is 14.7. The molecule has 3 aromatic heterocycles. The third kappa shape index (κ3) is 3.87. The van der Waals surface area contributed by atoms with Crippen molar-refractivity contribution in [1.29, 1.82) is 5.41 Å². The Morgan fingerprint density at radius 1 is 1.30 bits per heavy atom. The fourth-order valence-electron chi connectivity index (χ4n) is 3.74. The first-order valence-corrected chi connectivity index (χ1v) is 10.6. The Kier molecular flexibility index (Phi) is 5.67. The summed E-state index contributed by atoms with van der Waals surface area (Å²) in [4.78, 5) is 4.87. The van der Waals surface area contributed by atoms with Gasteiger partial charge in [-0.25, -0.2) is 9.50 Å². The molecule has 158 valence electrons. The zero-order chi connectivity index (χ0) is 21.1. The molecule has 8 nitrogen and oxygen atoms in total. The van der Waals surface area contributed by atoms with Gasteiger partial charge >= 0.3 is 0 Å². The zero-order valence-electron chi connectivity index (χ0n) is 17.5. The Balaban J connectivity index is 1.68. The van der Waals surface area contributed by atoms with Crippen LogP contribution in [0.25, 0.3) is 22.3 Å². The van der Waals surface area contributed by atoms with Crippen LogP contribution in [0, 0.1) is 10.8 Å². The summed E-state index contributed by atoms with van der Waals surface area (Å²) in [5, 5.41) is 29.6. The van der Waals surface area contributed by atoms with Crippen LogP contribution in [-0.2, 0) is 0 Å². The van der Waals surface area contributed by atoms with Crippen molar-refractivity contribution in [2.75, 3.05) is 13.2 Å². The first kappa shape index (κ1) is 20.3. The number of aliphatic hydroxyl groups excluding tert-OH is 1. The molecule has 8 heteroatoms. The summed E-state index contributed by atoms with van der Waals surface area (Å²) in [6, 6.07) is 2.30. The van der Waals surface area contributed by atoms with E-state index in [-0.39, 0.29) is 12.0 Å². The number of allylic oxidation sites excluding steroid dienone is 1.